The summed E-state index contributed by atoms with van der Waals surface area (Å²) in [6.45, 7) is 0. The molecule has 0 N–H and O–H groups in total. The van der Waals surface area contributed by atoms with Crippen LogP contribution in [0.15, 0.2) is 78.9 Å². The van der Waals surface area contributed by atoms with E-state index in [9.17, 15) is 0 Å². The van der Waals surface area contributed by atoms with Crippen LogP contribution in [0.2, 0.25) is 0 Å². The van der Waals surface area contributed by atoms with Gasteiger partial charge in [0.05, 0.1) is 11.1 Å². The molecule has 4 aromatic rings. The molecule has 1 saturated carbocycles. The summed E-state index contributed by atoms with van der Waals surface area (Å²) in [5.41, 5.74) is 7.71. The first kappa shape index (κ1) is 15.8. The molecule has 0 radical (unpaired) electrons. The first-order chi connectivity index (χ1) is 13.8. The van der Waals surface area contributed by atoms with Crippen molar-refractivity contribution in [2.24, 2.45) is 13.0 Å². The van der Waals surface area contributed by atoms with Gasteiger partial charge in [-0.1, -0.05) is 72.5 Å². The highest BCUT2D eigenvalue weighted by Crippen LogP contribution is 2.61. The molecule has 1 nitrogen and oxygen atoms in total. The van der Waals surface area contributed by atoms with E-state index in [-0.39, 0.29) is 5.41 Å². The molecule has 1 atom stereocenters. The molecule has 0 spiro atoms. The van der Waals surface area contributed by atoms with Crippen LogP contribution >= 0.6 is 0 Å². The van der Waals surface area contributed by atoms with Crippen molar-refractivity contribution in [1.29, 1.82) is 0 Å². The predicted molar refractivity (Wildman–Crippen MR) is 115 cm³/mol. The quantitative estimate of drug-likeness (QED) is 0.373. The van der Waals surface area contributed by atoms with E-state index < -0.39 is 0 Å². The maximum Gasteiger partial charge on any atom is 0.0877 e. The molecule has 0 saturated heterocycles. The Kier molecular flexibility index (Phi) is 3.17. The van der Waals surface area contributed by atoms with Gasteiger partial charge in [-0.15, -0.1) is 0 Å². The van der Waals surface area contributed by atoms with Crippen molar-refractivity contribution in [3.05, 3.63) is 95.6 Å². The van der Waals surface area contributed by atoms with Crippen LogP contribution in [0.4, 0.5) is 0 Å². The first-order valence-electron chi connectivity index (χ1n) is 10.1. The number of fused-ring (bicyclic) bond motifs is 5. The van der Waals surface area contributed by atoms with Crippen molar-refractivity contribution in [3.8, 4) is 23.1 Å². The number of nitrogens with zero attached hydrogens (tertiary/aromatic N) is 1. The van der Waals surface area contributed by atoms with Gasteiger partial charge in [0.25, 0.3) is 0 Å². The molecule has 1 heteroatoms. The van der Waals surface area contributed by atoms with E-state index in [0.29, 0.717) is 5.92 Å². The lowest BCUT2D eigenvalue weighted by Crippen LogP contribution is -2.26. The van der Waals surface area contributed by atoms with Crippen LogP contribution in [-0.2, 0) is 12.5 Å². The molecule has 2 aliphatic rings. The molecule has 1 heterocycles. The molecule has 134 valence electrons. The van der Waals surface area contributed by atoms with Crippen LogP contribution in [0.25, 0.3) is 22.2 Å². The second kappa shape index (κ2) is 5.63. The average Bonchev–Trinajstić information content (AvgIpc) is 3.50. The SMILES string of the molecule is Cn1c2c(c3ccccc31)C(C#Cc1ccccc1)(C1CC1)c1ccccc1-2. The number of para-hydroxylation sites is 1. The summed E-state index contributed by atoms with van der Waals surface area (Å²) in [4.78, 5) is 0. The Bertz CT molecular complexity index is 1280. The Hall–Kier alpha value is -3.24. The number of hydrogen-bond donors (Lipinski definition) is 0. The van der Waals surface area contributed by atoms with Crippen LogP contribution in [0.3, 0.4) is 0 Å². The van der Waals surface area contributed by atoms with Gasteiger partial charge in [0, 0.05) is 34.6 Å². The maximum atomic E-state index is 3.83. The zero-order chi connectivity index (χ0) is 18.7. The van der Waals surface area contributed by atoms with Crippen molar-refractivity contribution in [3.63, 3.8) is 0 Å². The molecular formula is C27H21N. The van der Waals surface area contributed by atoms with Crippen molar-refractivity contribution < 1.29 is 0 Å². The maximum absolute atomic E-state index is 3.83. The van der Waals surface area contributed by atoms with E-state index in [1.807, 2.05) is 0 Å². The fourth-order valence-corrected chi connectivity index (χ4v) is 5.14. The fourth-order valence-electron chi connectivity index (χ4n) is 5.14. The Morgan fingerprint density at radius 1 is 0.857 bits per heavy atom. The normalized spacial score (nSPS) is 19.8. The zero-order valence-electron chi connectivity index (χ0n) is 15.9. The van der Waals surface area contributed by atoms with Gasteiger partial charge in [-0.2, -0.15) is 0 Å². The van der Waals surface area contributed by atoms with E-state index in [1.165, 1.54) is 46.1 Å². The number of hydrogen-bond acceptors (Lipinski definition) is 0. The summed E-state index contributed by atoms with van der Waals surface area (Å²) < 4.78 is 2.37. The van der Waals surface area contributed by atoms with E-state index in [1.54, 1.807) is 0 Å². The summed E-state index contributed by atoms with van der Waals surface area (Å²) in [6, 6.07) is 28.1. The number of benzene rings is 3. The van der Waals surface area contributed by atoms with Crippen LogP contribution < -0.4 is 0 Å². The van der Waals surface area contributed by atoms with Crippen LogP contribution in [0.1, 0.15) is 29.5 Å². The molecule has 28 heavy (non-hydrogen) atoms. The predicted octanol–water partition coefficient (Wildman–Crippen LogP) is 5.91. The summed E-state index contributed by atoms with van der Waals surface area (Å²) in [6.07, 6.45) is 2.50. The third kappa shape index (κ3) is 1.98. The Balaban J connectivity index is 1.73. The van der Waals surface area contributed by atoms with Crippen molar-refractivity contribution in [2.45, 2.75) is 18.3 Å². The van der Waals surface area contributed by atoms with Gasteiger partial charge in [0.1, 0.15) is 0 Å². The van der Waals surface area contributed by atoms with Crippen LogP contribution in [0, 0.1) is 17.8 Å². The summed E-state index contributed by atoms with van der Waals surface area (Å²) in [5, 5.41) is 1.35. The second-order valence-corrected chi connectivity index (χ2v) is 8.04. The molecule has 1 aromatic heterocycles. The zero-order valence-corrected chi connectivity index (χ0v) is 15.9. The van der Waals surface area contributed by atoms with E-state index >= 15 is 0 Å². The van der Waals surface area contributed by atoms with Crippen molar-refractivity contribution in [1.82, 2.24) is 4.57 Å². The standard InChI is InChI=1S/C27H21N/c1-28-24-14-8-6-12-22(24)25-26(28)21-11-5-7-13-23(21)27(25,20-15-16-20)18-17-19-9-3-2-4-10-19/h2-14,20H,15-16H2,1H3. The summed E-state index contributed by atoms with van der Waals surface area (Å²) in [7, 11) is 2.20. The van der Waals surface area contributed by atoms with Crippen molar-refractivity contribution >= 4 is 10.9 Å². The average molecular weight is 359 g/mol. The lowest BCUT2D eigenvalue weighted by molar-refractivity contribution is 0.596. The van der Waals surface area contributed by atoms with E-state index in [0.717, 1.165) is 5.56 Å². The topological polar surface area (TPSA) is 4.93 Å². The Labute approximate surface area is 165 Å². The summed E-state index contributed by atoms with van der Waals surface area (Å²) >= 11 is 0. The molecule has 2 aliphatic carbocycles. The highest BCUT2D eigenvalue weighted by molar-refractivity contribution is 5.99. The third-order valence-electron chi connectivity index (χ3n) is 6.48. The van der Waals surface area contributed by atoms with Gasteiger partial charge < -0.3 is 4.57 Å². The summed E-state index contributed by atoms with van der Waals surface area (Å²) in [5.74, 6) is 7.97. The largest absolute Gasteiger partial charge is 0.343 e. The highest BCUT2D eigenvalue weighted by Gasteiger charge is 2.54. The minimum absolute atomic E-state index is 0.206. The van der Waals surface area contributed by atoms with E-state index in [2.05, 4.69) is 102 Å². The molecule has 0 bridgehead atoms. The molecule has 0 aliphatic heterocycles. The van der Waals surface area contributed by atoms with Gasteiger partial charge in [0.2, 0.25) is 0 Å². The smallest absolute Gasteiger partial charge is 0.0877 e. The van der Waals surface area contributed by atoms with Gasteiger partial charge in [-0.05, 0) is 42.5 Å². The number of aryl methyl sites for hydroxylation is 1. The van der Waals surface area contributed by atoms with Crippen molar-refractivity contribution in [2.75, 3.05) is 0 Å². The van der Waals surface area contributed by atoms with Gasteiger partial charge in [0.15, 0.2) is 0 Å². The Morgan fingerprint density at radius 2 is 1.57 bits per heavy atom. The second-order valence-electron chi connectivity index (χ2n) is 8.04. The molecule has 1 fully saturated rings. The fraction of sp³-hybridized carbons (Fsp3) is 0.185. The lowest BCUT2D eigenvalue weighted by atomic mass is 9.73. The monoisotopic (exact) mass is 359 g/mol. The van der Waals surface area contributed by atoms with E-state index in [4.69, 9.17) is 0 Å². The minimum atomic E-state index is -0.206. The van der Waals surface area contributed by atoms with Gasteiger partial charge >= 0.3 is 0 Å². The molecule has 0 amide bonds. The number of rotatable bonds is 1. The molecule has 1 unspecified atom stereocenters. The molecule has 3 aromatic carbocycles. The van der Waals surface area contributed by atoms with Crippen LogP contribution in [-0.4, -0.2) is 4.57 Å². The third-order valence-corrected chi connectivity index (χ3v) is 6.48. The van der Waals surface area contributed by atoms with Crippen LogP contribution in [0.5, 0.6) is 0 Å². The highest BCUT2D eigenvalue weighted by atomic mass is 15.0. The molecular weight excluding hydrogens is 338 g/mol. The molecule has 6 rings (SSSR count). The number of aromatic nitrogens is 1. The first-order valence-corrected chi connectivity index (χ1v) is 10.1. The van der Waals surface area contributed by atoms with Gasteiger partial charge in [-0.3, -0.25) is 0 Å². The Morgan fingerprint density at radius 3 is 2.39 bits per heavy atom. The minimum Gasteiger partial charge on any atom is -0.343 e. The van der Waals surface area contributed by atoms with Gasteiger partial charge in [-0.25, -0.2) is 0 Å². The lowest BCUT2D eigenvalue weighted by Gasteiger charge is -2.26.